The minimum atomic E-state index is -0.337. The minimum Gasteiger partial charge on any atom is -0.512 e. The van der Waals surface area contributed by atoms with E-state index in [4.69, 9.17) is 14.7 Å². The van der Waals surface area contributed by atoms with Crippen LogP contribution in [0.1, 0.15) is 99.1 Å². The molecule has 6 heteroatoms. The summed E-state index contributed by atoms with van der Waals surface area (Å²) in [5, 5.41) is 13.4. The molecule has 4 aromatic rings. The Balaban J connectivity index is 0.000000260. The average Bonchev–Trinajstić information content (AvgIpc) is 3.00. The number of ketones is 1. The molecule has 1 aliphatic rings. The number of aliphatic hydroxyl groups excluding tert-OH is 1. The topological polar surface area (TPSA) is 72.3 Å². The number of pyridine rings is 2. The number of carbonyl (C=O) groups excluding carboxylic acids is 1. The summed E-state index contributed by atoms with van der Waals surface area (Å²) in [5.41, 5.74) is 4.53. The van der Waals surface area contributed by atoms with E-state index in [0.717, 1.165) is 64.5 Å². The first-order chi connectivity index (χ1) is 20.2. The number of rotatable bonds is 7. The van der Waals surface area contributed by atoms with Gasteiger partial charge in [0.15, 0.2) is 11.7 Å². The molecule has 0 saturated carbocycles. The molecular weight excluding hydrogens is 725 g/mol. The summed E-state index contributed by atoms with van der Waals surface area (Å²) in [6.45, 7) is 20.9. The van der Waals surface area contributed by atoms with Crippen LogP contribution in [0.15, 0.2) is 54.4 Å². The Labute approximate surface area is 276 Å². The van der Waals surface area contributed by atoms with Crippen molar-refractivity contribution >= 4 is 27.5 Å². The zero-order valence-corrected chi connectivity index (χ0v) is 30.3. The van der Waals surface area contributed by atoms with Crippen LogP contribution in [0.5, 0.6) is 11.6 Å². The summed E-state index contributed by atoms with van der Waals surface area (Å²) in [6.07, 6.45) is 6.71. The fourth-order valence-corrected chi connectivity index (χ4v) is 5.47. The maximum absolute atomic E-state index is 12.2. The molecule has 2 aromatic carbocycles. The molecule has 5 rings (SSSR count). The predicted octanol–water partition coefficient (Wildman–Crippen LogP) is 10.6. The van der Waals surface area contributed by atoms with Crippen molar-refractivity contribution in [1.82, 2.24) is 9.97 Å². The van der Waals surface area contributed by atoms with Crippen molar-refractivity contribution in [2.45, 2.75) is 100 Å². The van der Waals surface area contributed by atoms with Crippen molar-refractivity contribution in [3.63, 3.8) is 0 Å². The van der Waals surface area contributed by atoms with Crippen LogP contribution in [0.2, 0.25) is 0 Å². The quantitative estimate of drug-likeness (QED) is 0.101. The Kier molecular flexibility index (Phi) is 10.9. The van der Waals surface area contributed by atoms with Gasteiger partial charge in [0.25, 0.3) is 0 Å². The van der Waals surface area contributed by atoms with Gasteiger partial charge in [-0.05, 0) is 71.7 Å². The molecule has 0 bridgehead atoms. The minimum absolute atomic E-state index is 0. The van der Waals surface area contributed by atoms with Gasteiger partial charge in [-0.25, -0.2) is 0 Å². The van der Waals surface area contributed by atoms with Crippen molar-refractivity contribution in [1.29, 1.82) is 0 Å². The molecule has 0 saturated heterocycles. The van der Waals surface area contributed by atoms with Crippen LogP contribution >= 0.6 is 0 Å². The molecule has 0 atom stereocenters. The number of para-hydroxylation sites is 1. The second-order valence-electron chi connectivity index (χ2n) is 13.4. The molecule has 1 aliphatic heterocycles. The summed E-state index contributed by atoms with van der Waals surface area (Å²) in [6, 6.07) is 15.7. The molecule has 1 N–H and O–H groups in total. The Bertz CT molecular complexity index is 1690. The van der Waals surface area contributed by atoms with Crippen LogP contribution in [0.3, 0.4) is 0 Å². The third kappa shape index (κ3) is 6.62. The van der Waals surface area contributed by atoms with Crippen molar-refractivity contribution < 1.29 is 34.7 Å². The number of aryl methyl sites for hydroxylation is 1. The van der Waals surface area contributed by atoms with Gasteiger partial charge in [-0.2, -0.15) is 0 Å². The Morgan fingerprint density at radius 3 is 2.11 bits per heavy atom. The molecule has 2 aromatic heterocycles. The van der Waals surface area contributed by atoms with E-state index in [1.807, 2.05) is 78.1 Å². The third-order valence-electron chi connectivity index (χ3n) is 9.64. The molecule has 44 heavy (non-hydrogen) atoms. The Morgan fingerprint density at radius 2 is 1.52 bits per heavy atom. The standard InChI is InChI=1S/C23H19N2O.C15H28O2.Ir/c1-13-12-24-21-15-11-14-7-5-6-8-17(14)25-22(15)26-18-10-9-16(23(2,3)4)19(13)20(18)21;1-7-14(5,8-2)12(16)11-13(17)15(6,9-3)10-4;/h5-10,12H,1-4H3;11,16H,7-10H2,1-6H3;/q-1;;/b;12-11-;. The number of allylic oxidation sites excluding steroid dienone is 2. The van der Waals surface area contributed by atoms with Crippen molar-refractivity contribution in [2.24, 2.45) is 10.8 Å². The SMILES string of the molecule is CCC(C)(CC)C(=O)/C=C(\O)C(C)(CC)CC.Cc1cnc2c3c(ccc(C(C)(C)C)c13)Oc1nc3ccccc3[c-]c1-2.[Ir]. The number of fused-ring (bicyclic) bond motifs is 3. The monoisotopic (exact) mass is 772 g/mol. The largest absolute Gasteiger partial charge is 0.512 e. The van der Waals surface area contributed by atoms with E-state index >= 15 is 0 Å². The van der Waals surface area contributed by atoms with Gasteiger partial charge in [0.2, 0.25) is 0 Å². The van der Waals surface area contributed by atoms with Crippen LogP contribution in [0.4, 0.5) is 0 Å². The van der Waals surface area contributed by atoms with E-state index in [-0.39, 0.29) is 47.9 Å². The molecule has 1 radical (unpaired) electrons. The first kappa shape index (κ1) is 35.4. The van der Waals surface area contributed by atoms with Crippen LogP contribution in [0.25, 0.3) is 32.9 Å². The fourth-order valence-electron chi connectivity index (χ4n) is 5.47. The van der Waals surface area contributed by atoms with Crippen LogP contribution in [-0.4, -0.2) is 20.9 Å². The van der Waals surface area contributed by atoms with Crippen molar-refractivity contribution in [3.8, 4) is 22.9 Å². The summed E-state index contributed by atoms with van der Waals surface area (Å²) in [7, 11) is 0. The molecule has 0 amide bonds. The second kappa shape index (κ2) is 13.5. The first-order valence-corrected chi connectivity index (χ1v) is 15.6. The molecule has 0 spiro atoms. The number of hydrogen-bond donors (Lipinski definition) is 1. The summed E-state index contributed by atoms with van der Waals surface area (Å²) >= 11 is 0. The molecule has 5 nitrogen and oxygen atoms in total. The van der Waals surface area contributed by atoms with E-state index in [2.05, 4.69) is 39.8 Å². The summed E-state index contributed by atoms with van der Waals surface area (Å²) in [4.78, 5) is 21.6. The zero-order valence-electron chi connectivity index (χ0n) is 27.9. The van der Waals surface area contributed by atoms with Crippen molar-refractivity contribution in [3.05, 3.63) is 71.6 Å². The molecule has 0 fully saturated rings. The zero-order chi connectivity index (χ0) is 31.7. The van der Waals surface area contributed by atoms with Gasteiger partial charge in [0, 0.05) is 54.3 Å². The fraction of sp³-hybridized carbons (Fsp3) is 0.447. The van der Waals surface area contributed by atoms with Gasteiger partial charge in [0.1, 0.15) is 11.5 Å². The molecular formula is C38H47IrN2O3-. The van der Waals surface area contributed by atoms with Gasteiger partial charge in [-0.1, -0.05) is 92.0 Å². The first-order valence-electron chi connectivity index (χ1n) is 15.6. The maximum atomic E-state index is 12.2. The Morgan fingerprint density at radius 1 is 0.909 bits per heavy atom. The number of aromatic nitrogens is 2. The number of ether oxygens (including phenoxy) is 1. The van der Waals surface area contributed by atoms with E-state index < -0.39 is 0 Å². The molecule has 237 valence electrons. The van der Waals surface area contributed by atoms with Gasteiger partial charge in [-0.3, -0.25) is 14.8 Å². The molecule has 3 heterocycles. The third-order valence-corrected chi connectivity index (χ3v) is 9.64. The van der Waals surface area contributed by atoms with E-state index in [0.29, 0.717) is 5.88 Å². The van der Waals surface area contributed by atoms with Gasteiger partial charge >= 0.3 is 0 Å². The van der Waals surface area contributed by atoms with Crippen LogP contribution in [-0.2, 0) is 30.3 Å². The van der Waals surface area contributed by atoms with Gasteiger partial charge in [-0.15, -0.1) is 12.1 Å². The average molecular weight is 772 g/mol. The number of carbonyl (C=O) groups is 1. The summed E-state index contributed by atoms with van der Waals surface area (Å²) in [5.74, 6) is 1.69. The molecule has 0 aliphatic carbocycles. The van der Waals surface area contributed by atoms with E-state index in [9.17, 15) is 9.90 Å². The maximum Gasteiger partial charge on any atom is 0.164 e. The number of aliphatic hydroxyl groups is 1. The van der Waals surface area contributed by atoms with Crippen LogP contribution in [0, 0.1) is 23.8 Å². The number of hydrogen-bond acceptors (Lipinski definition) is 5. The normalized spacial score (nSPS) is 13.0. The number of benzene rings is 2. The molecule has 0 unspecified atom stereocenters. The summed E-state index contributed by atoms with van der Waals surface area (Å²) < 4.78 is 6.20. The van der Waals surface area contributed by atoms with Crippen LogP contribution < -0.4 is 4.74 Å². The van der Waals surface area contributed by atoms with E-state index in [1.165, 1.54) is 17.0 Å². The Hall–Kier alpha value is -3.08. The second-order valence-corrected chi connectivity index (χ2v) is 13.4. The van der Waals surface area contributed by atoms with Crippen molar-refractivity contribution in [2.75, 3.05) is 0 Å². The van der Waals surface area contributed by atoms with Gasteiger partial charge in [0.05, 0.1) is 0 Å². The van der Waals surface area contributed by atoms with E-state index in [1.54, 1.807) is 0 Å². The van der Waals surface area contributed by atoms with Gasteiger partial charge < -0.3 is 9.84 Å². The predicted molar refractivity (Wildman–Crippen MR) is 178 cm³/mol. The number of nitrogens with zero attached hydrogens (tertiary/aromatic N) is 2. The smallest absolute Gasteiger partial charge is 0.164 e.